The summed E-state index contributed by atoms with van der Waals surface area (Å²) in [6.07, 6.45) is 0.0638. The highest BCUT2D eigenvalue weighted by atomic mass is 16.5. The van der Waals surface area contributed by atoms with Crippen LogP contribution in [0.25, 0.3) is 0 Å². The first-order valence-corrected chi connectivity index (χ1v) is 8.04. The summed E-state index contributed by atoms with van der Waals surface area (Å²) in [6.45, 7) is 5.05. The summed E-state index contributed by atoms with van der Waals surface area (Å²) in [7, 11) is 0. The van der Waals surface area contributed by atoms with Gasteiger partial charge in [0.25, 0.3) is 0 Å². The number of aromatic nitrogens is 3. The fourth-order valence-electron chi connectivity index (χ4n) is 2.97. The number of hydrogen-bond acceptors (Lipinski definition) is 6. The van der Waals surface area contributed by atoms with Gasteiger partial charge < -0.3 is 19.6 Å². The molecule has 8 nitrogen and oxygen atoms in total. The fraction of sp³-hybridized carbons (Fsp3) is 0.562. The van der Waals surface area contributed by atoms with Crippen LogP contribution in [0, 0.1) is 13.8 Å². The molecule has 2 aromatic rings. The molecule has 0 aliphatic carbocycles. The van der Waals surface area contributed by atoms with Crippen molar-refractivity contribution in [2.45, 2.75) is 45.9 Å². The Morgan fingerprint density at radius 1 is 1.42 bits per heavy atom. The van der Waals surface area contributed by atoms with Gasteiger partial charge in [0.05, 0.1) is 36.7 Å². The summed E-state index contributed by atoms with van der Waals surface area (Å²) in [4.78, 5) is 14.5. The molecule has 130 valence electrons. The van der Waals surface area contributed by atoms with E-state index in [1.165, 1.54) is 0 Å². The average molecular weight is 334 g/mol. The third kappa shape index (κ3) is 3.20. The number of aliphatic hydroxyl groups excluding tert-OH is 2. The molecular formula is C16H22N4O4. The number of carbonyl (C=O) groups excluding carboxylic acids is 1. The highest BCUT2D eigenvalue weighted by Crippen LogP contribution is 2.20. The third-order valence-electron chi connectivity index (χ3n) is 4.41. The zero-order valence-electron chi connectivity index (χ0n) is 13.9. The van der Waals surface area contributed by atoms with Crippen molar-refractivity contribution in [1.29, 1.82) is 0 Å². The molecule has 2 aromatic heterocycles. The van der Waals surface area contributed by atoms with Crippen LogP contribution in [0.3, 0.4) is 0 Å². The van der Waals surface area contributed by atoms with Gasteiger partial charge >= 0.3 is 0 Å². The Morgan fingerprint density at radius 2 is 2.21 bits per heavy atom. The lowest BCUT2D eigenvalue weighted by Crippen LogP contribution is -2.32. The smallest absolute Gasteiger partial charge is 0.227 e. The second-order valence-electron chi connectivity index (χ2n) is 6.13. The molecular weight excluding hydrogens is 312 g/mol. The molecule has 1 atom stereocenters. The molecule has 24 heavy (non-hydrogen) atoms. The molecule has 0 aromatic carbocycles. The van der Waals surface area contributed by atoms with Crippen LogP contribution >= 0.6 is 0 Å². The van der Waals surface area contributed by atoms with Gasteiger partial charge in [-0.05, 0) is 26.3 Å². The largest absolute Gasteiger partial charge is 0.393 e. The van der Waals surface area contributed by atoms with Crippen molar-refractivity contribution in [1.82, 2.24) is 19.8 Å². The molecule has 0 spiro atoms. The summed E-state index contributed by atoms with van der Waals surface area (Å²) in [5.74, 6) is 0.692. The van der Waals surface area contributed by atoms with E-state index in [0.29, 0.717) is 31.1 Å². The lowest BCUT2D eigenvalue weighted by molar-refractivity contribution is -0.131. The van der Waals surface area contributed by atoms with Gasteiger partial charge in [0.2, 0.25) is 5.91 Å². The Hall–Kier alpha value is -2.19. The number of aliphatic hydroxyl groups is 2. The van der Waals surface area contributed by atoms with Gasteiger partial charge in [-0.2, -0.15) is 5.10 Å². The SMILES string of the molecule is Cc1noc(C)c1CC(=O)N1CCCn2nc(C(O)CO)cc2C1. The molecule has 1 aliphatic rings. The number of carbonyl (C=O) groups is 1. The van der Waals surface area contributed by atoms with Crippen LogP contribution in [-0.4, -0.2) is 49.1 Å². The van der Waals surface area contributed by atoms with Crippen molar-refractivity contribution in [2.24, 2.45) is 0 Å². The Morgan fingerprint density at radius 3 is 2.88 bits per heavy atom. The lowest BCUT2D eigenvalue weighted by Gasteiger charge is -2.20. The molecule has 0 fully saturated rings. The number of rotatable bonds is 4. The van der Waals surface area contributed by atoms with Crippen LogP contribution in [0.5, 0.6) is 0 Å². The van der Waals surface area contributed by atoms with Crippen LogP contribution in [0.4, 0.5) is 0 Å². The van der Waals surface area contributed by atoms with E-state index >= 15 is 0 Å². The Labute approximate surface area is 139 Å². The zero-order chi connectivity index (χ0) is 17.3. The van der Waals surface area contributed by atoms with Crippen molar-refractivity contribution in [3.63, 3.8) is 0 Å². The van der Waals surface area contributed by atoms with E-state index in [-0.39, 0.29) is 18.9 Å². The monoisotopic (exact) mass is 334 g/mol. The van der Waals surface area contributed by atoms with Gasteiger partial charge in [0.15, 0.2) is 0 Å². The molecule has 0 saturated heterocycles. The van der Waals surface area contributed by atoms with Crippen LogP contribution in [0.1, 0.15) is 40.9 Å². The molecule has 0 saturated carbocycles. The van der Waals surface area contributed by atoms with E-state index < -0.39 is 6.10 Å². The van der Waals surface area contributed by atoms with Crippen molar-refractivity contribution in [3.05, 3.63) is 34.5 Å². The van der Waals surface area contributed by atoms with Crippen LogP contribution in [0.15, 0.2) is 10.6 Å². The summed E-state index contributed by atoms with van der Waals surface area (Å²) in [6, 6.07) is 1.75. The summed E-state index contributed by atoms with van der Waals surface area (Å²) in [5, 5.41) is 27.0. The molecule has 1 aliphatic heterocycles. The van der Waals surface area contributed by atoms with Crippen LogP contribution in [0.2, 0.25) is 0 Å². The number of hydrogen-bond donors (Lipinski definition) is 2. The summed E-state index contributed by atoms with van der Waals surface area (Å²) >= 11 is 0. The number of amides is 1. The summed E-state index contributed by atoms with van der Waals surface area (Å²) < 4.78 is 6.92. The minimum absolute atomic E-state index is 0.0170. The maximum Gasteiger partial charge on any atom is 0.227 e. The molecule has 8 heteroatoms. The van der Waals surface area contributed by atoms with Crippen molar-refractivity contribution < 1.29 is 19.5 Å². The summed E-state index contributed by atoms with van der Waals surface area (Å²) in [5.41, 5.74) is 2.89. The van der Waals surface area contributed by atoms with E-state index in [2.05, 4.69) is 10.3 Å². The first-order chi connectivity index (χ1) is 11.5. The predicted molar refractivity (Wildman–Crippen MR) is 84.0 cm³/mol. The molecule has 0 bridgehead atoms. The second-order valence-corrected chi connectivity index (χ2v) is 6.13. The Kier molecular flexibility index (Phi) is 4.68. The maximum absolute atomic E-state index is 12.7. The van der Waals surface area contributed by atoms with Gasteiger partial charge in [0.1, 0.15) is 11.9 Å². The normalized spacial score (nSPS) is 15.9. The molecule has 1 amide bonds. The maximum atomic E-state index is 12.7. The standard InChI is InChI=1S/C16H22N4O4/c1-10-13(11(2)24-18-10)7-16(23)19-4-3-5-20-12(8-19)6-14(17-20)15(22)9-21/h6,15,21-22H,3-5,7-9H2,1-2H3. The van der Waals surface area contributed by atoms with E-state index in [1.54, 1.807) is 15.6 Å². The van der Waals surface area contributed by atoms with E-state index in [4.69, 9.17) is 9.63 Å². The minimum Gasteiger partial charge on any atom is -0.393 e. The second kappa shape index (κ2) is 6.74. The highest BCUT2D eigenvalue weighted by Gasteiger charge is 2.24. The first kappa shape index (κ1) is 16.7. The third-order valence-corrected chi connectivity index (χ3v) is 4.41. The lowest BCUT2D eigenvalue weighted by atomic mass is 10.1. The first-order valence-electron chi connectivity index (χ1n) is 8.04. The number of aryl methyl sites for hydroxylation is 3. The Balaban J connectivity index is 1.75. The van der Waals surface area contributed by atoms with Crippen molar-refractivity contribution in [3.8, 4) is 0 Å². The predicted octanol–water partition coefficient (Wildman–Crippen LogP) is 0.489. The minimum atomic E-state index is -0.990. The molecule has 3 heterocycles. The van der Waals surface area contributed by atoms with Gasteiger partial charge in [0, 0.05) is 18.7 Å². The van der Waals surface area contributed by atoms with Crippen LogP contribution < -0.4 is 0 Å². The highest BCUT2D eigenvalue weighted by molar-refractivity contribution is 5.79. The van der Waals surface area contributed by atoms with E-state index in [9.17, 15) is 9.90 Å². The van der Waals surface area contributed by atoms with Crippen LogP contribution in [-0.2, 0) is 24.3 Å². The average Bonchev–Trinajstić information content (AvgIpc) is 3.04. The van der Waals surface area contributed by atoms with Crippen molar-refractivity contribution >= 4 is 5.91 Å². The zero-order valence-corrected chi connectivity index (χ0v) is 13.9. The van der Waals surface area contributed by atoms with Crippen molar-refractivity contribution in [2.75, 3.05) is 13.2 Å². The Bertz CT molecular complexity index is 717. The number of nitrogens with zero attached hydrogens (tertiary/aromatic N) is 4. The van der Waals surface area contributed by atoms with Gasteiger partial charge in [-0.15, -0.1) is 0 Å². The topological polar surface area (TPSA) is 105 Å². The fourth-order valence-corrected chi connectivity index (χ4v) is 2.97. The van der Waals surface area contributed by atoms with Gasteiger partial charge in [-0.25, -0.2) is 0 Å². The quantitative estimate of drug-likeness (QED) is 0.843. The van der Waals surface area contributed by atoms with Gasteiger partial charge in [-0.1, -0.05) is 5.16 Å². The van der Waals surface area contributed by atoms with E-state index in [1.807, 2.05) is 13.8 Å². The molecule has 1 unspecified atom stereocenters. The number of fused-ring (bicyclic) bond motifs is 1. The molecule has 3 rings (SSSR count). The van der Waals surface area contributed by atoms with Gasteiger partial charge in [-0.3, -0.25) is 9.48 Å². The van der Waals surface area contributed by atoms with E-state index in [0.717, 1.165) is 23.4 Å². The molecule has 0 radical (unpaired) electrons. The molecule has 2 N–H and O–H groups in total.